The zero-order valence-electron chi connectivity index (χ0n) is 20.7. The third-order valence-corrected chi connectivity index (χ3v) is 5.35. The molecule has 0 aliphatic carbocycles. The number of rotatable bonds is 10. The number of nitrogens with zero attached hydrogens (tertiary/aromatic N) is 1. The van der Waals surface area contributed by atoms with Crippen LogP contribution in [0, 0.1) is 5.41 Å². The van der Waals surface area contributed by atoms with Gasteiger partial charge in [-0.2, -0.15) is 0 Å². The van der Waals surface area contributed by atoms with Crippen molar-refractivity contribution in [2.75, 3.05) is 11.9 Å². The smallest absolute Gasteiger partial charge is 0.271 e. The molecule has 2 aromatic carbocycles. The minimum atomic E-state index is -0.941. The third-order valence-electron chi connectivity index (χ3n) is 5.05. The predicted octanol–water partition coefficient (Wildman–Crippen LogP) is 3.82. The third kappa shape index (κ3) is 7.34. The first kappa shape index (κ1) is 27.3. The molecule has 0 saturated heterocycles. The molecule has 6 N–H and O–H groups in total. The van der Waals surface area contributed by atoms with Crippen LogP contribution in [0.5, 0.6) is 11.5 Å². The lowest BCUT2D eigenvalue weighted by molar-refractivity contribution is -0.122. The Bertz CT molecular complexity index is 1270. The van der Waals surface area contributed by atoms with Crippen LogP contribution in [-0.2, 0) is 4.79 Å². The Hall–Kier alpha value is -4.31. The second-order valence-corrected chi connectivity index (χ2v) is 8.58. The zero-order valence-corrected chi connectivity index (χ0v) is 21.4. The van der Waals surface area contributed by atoms with Crippen LogP contribution in [0.1, 0.15) is 48.3 Å². The highest BCUT2D eigenvalue weighted by Crippen LogP contribution is 2.33. The molecule has 1 atom stereocenters. The lowest BCUT2D eigenvalue weighted by atomic mass is 10.0. The summed E-state index contributed by atoms with van der Waals surface area (Å²) in [4.78, 5) is 29.7. The van der Waals surface area contributed by atoms with Gasteiger partial charge in [-0.1, -0.05) is 17.7 Å². The van der Waals surface area contributed by atoms with Gasteiger partial charge in [-0.05, 0) is 68.8 Å². The topological polar surface area (TPSA) is 151 Å². The van der Waals surface area contributed by atoms with Crippen molar-refractivity contribution in [3.05, 3.63) is 82.6 Å². The van der Waals surface area contributed by atoms with Crippen LogP contribution in [0.15, 0.2) is 60.9 Å². The fraction of sp³-hybridized carbons (Fsp3) is 0.231. The van der Waals surface area contributed by atoms with Gasteiger partial charge in [0.05, 0.1) is 23.3 Å². The molecule has 37 heavy (non-hydrogen) atoms. The number of amides is 2. The summed E-state index contributed by atoms with van der Waals surface area (Å²) in [7, 11) is 0. The summed E-state index contributed by atoms with van der Waals surface area (Å²) in [5.74, 6) is -0.186. The SMILES string of the molecule is CCOc1cc(C(Nc2ccc(C(=N)N)cc2)C(=O)NNC(=O)c2ccncc2Cl)ccc1OC(C)C. The molecule has 10 nitrogen and oxygen atoms in total. The highest BCUT2D eigenvalue weighted by molar-refractivity contribution is 6.33. The van der Waals surface area contributed by atoms with Gasteiger partial charge in [0.2, 0.25) is 0 Å². The molecule has 194 valence electrons. The van der Waals surface area contributed by atoms with Gasteiger partial charge >= 0.3 is 0 Å². The Morgan fingerprint density at radius 1 is 1.08 bits per heavy atom. The normalized spacial score (nSPS) is 11.4. The number of hydrazine groups is 1. The highest BCUT2D eigenvalue weighted by Gasteiger charge is 2.24. The van der Waals surface area contributed by atoms with E-state index in [1.807, 2.05) is 20.8 Å². The molecule has 0 saturated carbocycles. The van der Waals surface area contributed by atoms with Gasteiger partial charge in [-0.15, -0.1) is 0 Å². The molecule has 0 fully saturated rings. The molecule has 3 aromatic rings. The summed E-state index contributed by atoms with van der Waals surface area (Å²) in [6.07, 6.45) is 2.69. The summed E-state index contributed by atoms with van der Waals surface area (Å²) < 4.78 is 11.6. The van der Waals surface area contributed by atoms with Gasteiger partial charge in [-0.3, -0.25) is 30.8 Å². The number of hydrogen-bond donors (Lipinski definition) is 5. The molecule has 1 unspecified atom stereocenters. The van der Waals surface area contributed by atoms with Crippen LogP contribution < -0.4 is 31.4 Å². The summed E-state index contributed by atoms with van der Waals surface area (Å²) in [6, 6.07) is 12.4. The van der Waals surface area contributed by atoms with Gasteiger partial charge < -0.3 is 20.5 Å². The van der Waals surface area contributed by atoms with Crippen molar-refractivity contribution < 1.29 is 19.1 Å². The van der Waals surface area contributed by atoms with Gasteiger partial charge in [-0.25, -0.2) is 0 Å². The molecule has 2 amide bonds. The zero-order chi connectivity index (χ0) is 26.9. The lowest BCUT2D eigenvalue weighted by Gasteiger charge is -2.22. The highest BCUT2D eigenvalue weighted by atomic mass is 35.5. The van der Waals surface area contributed by atoms with E-state index in [2.05, 4.69) is 21.2 Å². The molecule has 0 spiro atoms. The van der Waals surface area contributed by atoms with Gasteiger partial charge in [0.25, 0.3) is 11.8 Å². The Kier molecular flexibility index (Phi) is 9.28. The molecule has 1 aromatic heterocycles. The summed E-state index contributed by atoms with van der Waals surface area (Å²) in [5.41, 5.74) is 12.2. The van der Waals surface area contributed by atoms with E-state index in [1.54, 1.807) is 42.5 Å². The van der Waals surface area contributed by atoms with E-state index in [4.69, 9.17) is 32.2 Å². The van der Waals surface area contributed by atoms with E-state index in [9.17, 15) is 9.59 Å². The average molecular weight is 525 g/mol. The van der Waals surface area contributed by atoms with Crippen LogP contribution in [0.25, 0.3) is 0 Å². The summed E-state index contributed by atoms with van der Waals surface area (Å²) in [5, 5.41) is 10.9. The van der Waals surface area contributed by atoms with E-state index in [-0.39, 0.29) is 22.5 Å². The van der Waals surface area contributed by atoms with Crippen molar-refractivity contribution in [1.82, 2.24) is 15.8 Å². The Morgan fingerprint density at radius 3 is 2.43 bits per heavy atom. The maximum atomic E-state index is 13.3. The minimum Gasteiger partial charge on any atom is -0.490 e. The fourth-order valence-corrected chi connectivity index (χ4v) is 3.56. The first-order valence-electron chi connectivity index (χ1n) is 11.5. The minimum absolute atomic E-state index is 0.0691. The van der Waals surface area contributed by atoms with E-state index >= 15 is 0 Å². The van der Waals surface area contributed by atoms with Crippen LogP contribution in [0.3, 0.4) is 0 Å². The lowest BCUT2D eigenvalue weighted by Crippen LogP contribution is -2.45. The largest absolute Gasteiger partial charge is 0.490 e. The van der Waals surface area contributed by atoms with Crippen molar-refractivity contribution in [1.29, 1.82) is 5.41 Å². The number of pyridine rings is 1. The summed E-state index contributed by atoms with van der Waals surface area (Å²) >= 11 is 6.03. The number of anilines is 1. The molecule has 0 aliphatic heterocycles. The maximum absolute atomic E-state index is 13.3. The second-order valence-electron chi connectivity index (χ2n) is 8.17. The van der Waals surface area contributed by atoms with Crippen LogP contribution in [0.2, 0.25) is 5.02 Å². The van der Waals surface area contributed by atoms with E-state index in [1.165, 1.54) is 18.5 Å². The standard InChI is InChI=1S/C26H29ClN6O4/c1-4-36-22-13-17(7-10-21(22)37-15(2)3)23(31-18-8-5-16(6-9-18)24(28)29)26(35)33-32-25(34)19-11-12-30-14-20(19)27/h5-15,23,31H,4H2,1-3H3,(H3,28,29)(H,32,34)(H,33,35). The molecule has 0 aliphatic rings. The number of aromatic nitrogens is 1. The number of nitrogen functional groups attached to an aromatic ring is 1. The van der Waals surface area contributed by atoms with Crippen LogP contribution >= 0.6 is 11.6 Å². The molecule has 0 bridgehead atoms. The van der Waals surface area contributed by atoms with Gasteiger partial charge in [0.1, 0.15) is 11.9 Å². The van der Waals surface area contributed by atoms with Crippen molar-refractivity contribution >= 4 is 34.9 Å². The van der Waals surface area contributed by atoms with Crippen molar-refractivity contribution in [3.63, 3.8) is 0 Å². The number of nitrogens with two attached hydrogens (primary N) is 1. The summed E-state index contributed by atoms with van der Waals surface area (Å²) in [6.45, 7) is 6.07. The first-order chi connectivity index (χ1) is 17.7. The molecule has 0 radical (unpaired) electrons. The monoisotopic (exact) mass is 524 g/mol. The first-order valence-corrected chi connectivity index (χ1v) is 11.9. The maximum Gasteiger partial charge on any atom is 0.271 e. The number of nitrogens with one attached hydrogen (secondary N) is 4. The predicted molar refractivity (Wildman–Crippen MR) is 142 cm³/mol. The van der Waals surface area contributed by atoms with E-state index in [0.717, 1.165) is 0 Å². The van der Waals surface area contributed by atoms with Crippen LogP contribution in [0.4, 0.5) is 5.69 Å². The molecule has 1 heterocycles. The molecular formula is C26H29ClN6O4. The molecule has 11 heteroatoms. The number of ether oxygens (including phenoxy) is 2. The van der Waals surface area contributed by atoms with Crippen LogP contribution in [-0.4, -0.2) is 35.3 Å². The number of carbonyl (C=O) groups is 2. The van der Waals surface area contributed by atoms with Gasteiger partial charge in [0.15, 0.2) is 11.5 Å². The van der Waals surface area contributed by atoms with E-state index in [0.29, 0.717) is 34.9 Å². The molecular weight excluding hydrogens is 496 g/mol. The number of hydrogen-bond acceptors (Lipinski definition) is 7. The fourth-order valence-electron chi connectivity index (χ4n) is 3.35. The number of benzene rings is 2. The Labute approximate surface area is 220 Å². The van der Waals surface area contributed by atoms with Crippen molar-refractivity contribution in [3.8, 4) is 11.5 Å². The molecule has 3 rings (SSSR count). The number of carbonyl (C=O) groups excluding carboxylic acids is 2. The number of amidine groups is 1. The second kappa shape index (κ2) is 12.6. The van der Waals surface area contributed by atoms with Crippen molar-refractivity contribution in [2.45, 2.75) is 32.9 Å². The number of halogens is 1. The van der Waals surface area contributed by atoms with Crippen molar-refractivity contribution in [2.24, 2.45) is 5.73 Å². The Morgan fingerprint density at radius 2 is 1.81 bits per heavy atom. The van der Waals surface area contributed by atoms with Gasteiger partial charge in [0, 0.05) is 23.6 Å². The average Bonchev–Trinajstić information content (AvgIpc) is 2.87. The quantitative estimate of drug-likeness (QED) is 0.153. The van der Waals surface area contributed by atoms with E-state index < -0.39 is 17.9 Å². The Balaban J connectivity index is 1.89.